The number of carbonyl (C=O) groups is 2. The molecule has 6 nitrogen and oxygen atoms in total. The molecule has 0 bridgehead atoms. The van der Waals surface area contributed by atoms with E-state index in [4.69, 9.17) is 4.74 Å². The number of aliphatic hydroxyl groups is 1. The quantitative estimate of drug-likeness (QED) is 0.134. The van der Waals surface area contributed by atoms with Crippen molar-refractivity contribution in [1.29, 1.82) is 0 Å². The van der Waals surface area contributed by atoms with Crippen molar-refractivity contribution in [2.24, 2.45) is 0 Å². The minimum atomic E-state index is -4.65. The topological polar surface area (TPSA) is 70.1 Å². The number of nitrogens with zero attached hydrogens (tertiary/aromatic N) is 2. The predicted octanol–water partition coefficient (Wildman–Crippen LogP) is 6.97. The molecule has 0 radical (unpaired) electrons. The molecule has 0 saturated carbocycles. The van der Waals surface area contributed by atoms with Gasteiger partial charge in [0, 0.05) is 31.0 Å². The highest BCUT2D eigenvalue weighted by Crippen LogP contribution is 2.43. The average molecular weight is 553 g/mol. The number of ether oxygens (including phenoxy) is 1. The Labute approximate surface area is 231 Å². The maximum absolute atomic E-state index is 13.5. The lowest BCUT2D eigenvalue weighted by Gasteiger charge is -2.26. The molecule has 1 amide bonds. The molecule has 3 aromatic rings. The number of hydrogen-bond donors (Lipinski definition) is 1. The number of anilines is 2. The molecule has 40 heavy (non-hydrogen) atoms. The number of amides is 1. The smallest absolute Gasteiger partial charge is 0.416 e. The number of ketones is 1. The first kappa shape index (κ1) is 28.7. The first-order chi connectivity index (χ1) is 19.0. The molecule has 0 aliphatic carbocycles. The zero-order valence-electron chi connectivity index (χ0n) is 22.5. The lowest BCUT2D eigenvalue weighted by molar-refractivity contribution is -0.137. The van der Waals surface area contributed by atoms with Gasteiger partial charge in [-0.25, -0.2) is 0 Å². The Hall–Kier alpha value is -4.27. The summed E-state index contributed by atoms with van der Waals surface area (Å²) in [6.07, 6.45) is -1.63. The van der Waals surface area contributed by atoms with E-state index in [-0.39, 0.29) is 16.8 Å². The van der Waals surface area contributed by atoms with Gasteiger partial charge in [0.25, 0.3) is 11.7 Å². The molecular weight excluding hydrogens is 521 g/mol. The number of carbonyl (C=O) groups excluding carboxylic acids is 2. The highest BCUT2D eigenvalue weighted by atomic mass is 19.4. The molecule has 4 rings (SSSR count). The van der Waals surface area contributed by atoms with Crippen LogP contribution in [-0.4, -0.2) is 37.5 Å². The van der Waals surface area contributed by atoms with Gasteiger partial charge < -0.3 is 14.7 Å². The third-order valence-electron chi connectivity index (χ3n) is 6.77. The van der Waals surface area contributed by atoms with Crippen LogP contribution in [0.2, 0.25) is 0 Å². The van der Waals surface area contributed by atoms with Gasteiger partial charge in [0.15, 0.2) is 0 Å². The molecule has 9 heteroatoms. The molecule has 0 spiro atoms. The Balaban J connectivity index is 1.80. The van der Waals surface area contributed by atoms with Gasteiger partial charge in [0.05, 0.1) is 23.8 Å². The van der Waals surface area contributed by atoms with Gasteiger partial charge in [-0.1, -0.05) is 38.0 Å². The molecule has 210 valence electrons. The molecule has 1 fully saturated rings. The van der Waals surface area contributed by atoms with Crippen LogP contribution in [0.15, 0.2) is 78.4 Å². The first-order valence-corrected chi connectivity index (χ1v) is 13.0. The fourth-order valence-corrected chi connectivity index (χ4v) is 4.61. The van der Waals surface area contributed by atoms with Crippen molar-refractivity contribution in [3.63, 3.8) is 0 Å². The van der Waals surface area contributed by atoms with Gasteiger partial charge in [-0.3, -0.25) is 14.5 Å². The van der Waals surface area contributed by atoms with E-state index in [9.17, 15) is 27.9 Å². The lowest BCUT2D eigenvalue weighted by atomic mass is 9.94. The normalized spacial score (nSPS) is 16.9. The van der Waals surface area contributed by atoms with Gasteiger partial charge in [-0.15, -0.1) is 0 Å². The number of hydrogen-bond acceptors (Lipinski definition) is 5. The zero-order chi connectivity index (χ0) is 29.0. The Morgan fingerprint density at radius 1 is 0.975 bits per heavy atom. The van der Waals surface area contributed by atoms with Crippen molar-refractivity contribution < 1.29 is 32.6 Å². The van der Waals surface area contributed by atoms with Gasteiger partial charge in [-0.05, 0) is 66.6 Å². The number of rotatable bonds is 9. The fourth-order valence-electron chi connectivity index (χ4n) is 4.61. The molecule has 1 N–H and O–H groups in total. The van der Waals surface area contributed by atoms with E-state index in [0.29, 0.717) is 17.9 Å². The van der Waals surface area contributed by atoms with Gasteiger partial charge in [0.2, 0.25) is 0 Å². The molecular formula is C31H31F3N2O4. The summed E-state index contributed by atoms with van der Waals surface area (Å²) in [5.74, 6) is -1.85. The fraction of sp³-hybridized carbons (Fsp3) is 0.290. The molecule has 1 heterocycles. The van der Waals surface area contributed by atoms with E-state index in [0.717, 1.165) is 42.0 Å². The second-order valence-electron chi connectivity index (χ2n) is 9.78. The third-order valence-corrected chi connectivity index (χ3v) is 6.77. The maximum atomic E-state index is 13.5. The molecule has 3 aromatic carbocycles. The summed E-state index contributed by atoms with van der Waals surface area (Å²) in [6.45, 7) is 2.64. The lowest BCUT2D eigenvalue weighted by Crippen LogP contribution is -2.29. The standard InChI is InChI=1S/C31H31F3N2O4/c1-4-5-6-18-40-25-16-12-21(13-17-25)28(37)26-27(20-10-14-23(15-11-20)35(2)3)36(30(39)29(26)38)24-9-7-8-22(19-24)31(32,33)34/h7-17,19,27,37H,4-6,18H2,1-3H3/b28-26+. The summed E-state index contributed by atoms with van der Waals surface area (Å²) in [5, 5.41) is 11.3. The van der Waals surface area contributed by atoms with E-state index >= 15 is 0 Å². The van der Waals surface area contributed by atoms with Crippen LogP contribution < -0.4 is 14.5 Å². The molecule has 1 saturated heterocycles. The second kappa shape index (κ2) is 11.9. The summed E-state index contributed by atoms with van der Waals surface area (Å²) in [5.41, 5.74) is 0.306. The molecule has 0 aromatic heterocycles. The number of unbranched alkanes of at least 4 members (excludes halogenated alkanes) is 2. The van der Waals surface area contributed by atoms with Crippen molar-refractivity contribution in [2.75, 3.05) is 30.5 Å². The summed E-state index contributed by atoms with van der Waals surface area (Å²) in [6, 6.07) is 16.5. The Bertz CT molecular complexity index is 1400. The highest BCUT2D eigenvalue weighted by molar-refractivity contribution is 6.51. The third kappa shape index (κ3) is 5.98. The van der Waals surface area contributed by atoms with Crippen LogP contribution in [-0.2, 0) is 15.8 Å². The van der Waals surface area contributed by atoms with E-state index in [1.807, 2.05) is 19.0 Å². The molecule has 1 aliphatic rings. The van der Waals surface area contributed by atoms with Crippen LogP contribution in [0.1, 0.15) is 48.9 Å². The van der Waals surface area contributed by atoms with Crippen LogP contribution in [0.3, 0.4) is 0 Å². The van der Waals surface area contributed by atoms with Crippen molar-refractivity contribution >= 4 is 28.8 Å². The van der Waals surface area contributed by atoms with Gasteiger partial charge in [0.1, 0.15) is 11.5 Å². The Morgan fingerprint density at radius 3 is 2.25 bits per heavy atom. The Kier molecular flexibility index (Phi) is 8.52. The van der Waals surface area contributed by atoms with E-state index in [1.54, 1.807) is 48.5 Å². The van der Waals surface area contributed by atoms with Crippen LogP contribution in [0.4, 0.5) is 24.5 Å². The van der Waals surface area contributed by atoms with Gasteiger partial charge >= 0.3 is 6.18 Å². The molecule has 1 atom stereocenters. The number of halogens is 3. The number of benzene rings is 3. The van der Waals surface area contributed by atoms with Crippen molar-refractivity contribution in [1.82, 2.24) is 0 Å². The van der Waals surface area contributed by atoms with E-state index in [1.165, 1.54) is 12.1 Å². The van der Waals surface area contributed by atoms with Crippen molar-refractivity contribution in [2.45, 2.75) is 38.4 Å². The summed E-state index contributed by atoms with van der Waals surface area (Å²) in [7, 11) is 3.70. The SMILES string of the molecule is CCCCCOc1ccc(/C(O)=C2\C(=O)C(=O)N(c3cccc(C(F)(F)F)c3)C2c2ccc(N(C)C)cc2)cc1. The largest absolute Gasteiger partial charge is 0.507 e. The minimum Gasteiger partial charge on any atom is -0.507 e. The second-order valence-corrected chi connectivity index (χ2v) is 9.78. The first-order valence-electron chi connectivity index (χ1n) is 13.0. The summed E-state index contributed by atoms with van der Waals surface area (Å²) in [4.78, 5) is 29.5. The Morgan fingerprint density at radius 2 is 1.65 bits per heavy atom. The average Bonchev–Trinajstić information content (AvgIpc) is 3.20. The number of alkyl halides is 3. The highest BCUT2D eigenvalue weighted by Gasteiger charge is 2.47. The van der Waals surface area contributed by atoms with Crippen LogP contribution in [0.25, 0.3) is 5.76 Å². The minimum absolute atomic E-state index is 0.103. The number of aliphatic hydroxyl groups excluding tert-OH is 1. The summed E-state index contributed by atoms with van der Waals surface area (Å²) >= 11 is 0. The monoisotopic (exact) mass is 552 g/mol. The predicted molar refractivity (Wildman–Crippen MR) is 148 cm³/mol. The van der Waals surface area contributed by atoms with E-state index < -0.39 is 35.2 Å². The van der Waals surface area contributed by atoms with Crippen LogP contribution >= 0.6 is 0 Å². The number of Topliss-reactive ketones (excluding diaryl/α,β-unsaturated/α-hetero) is 1. The van der Waals surface area contributed by atoms with Crippen LogP contribution in [0, 0.1) is 0 Å². The van der Waals surface area contributed by atoms with Crippen molar-refractivity contribution in [3.8, 4) is 5.75 Å². The molecule has 1 aliphatic heterocycles. The van der Waals surface area contributed by atoms with Crippen molar-refractivity contribution in [3.05, 3.63) is 95.1 Å². The van der Waals surface area contributed by atoms with Gasteiger partial charge in [-0.2, -0.15) is 13.2 Å². The zero-order valence-corrected chi connectivity index (χ0v) is 22.5. The summed E-state index contributed by atoms with van der Waals surface area (Å²) < 4.78 is 46.2. The van der Waals surface area contributed by atoms with Crippen LogP contribution in [0.5, 0.6) is 5.75 Å². The molecule has 1 unspecified atom stereocenters. The van der Waals surface area contributed by atoms with E-state index in [2.05, 4.69) is 6.92 Å². The maximum Gasteiger partial charge on any atom is 0.416 e.